The Hall–Kier alpha value is -2.00. The minimum absolute atomic E-state index is 0.0981. The van der Waals surface area contributed by atoms with Crippen LogP contribution in [0.15, 0.2) is 35.2 Å². The average molecular weight is 330 g/mol. The minimum atomic E-state index is -4.09. The molecule has 1 aliphatic heterocycles. The summed E-state index contributed by atoms with van der Waals surface area (Å²) in [6.45, 7) is -1.12. The number of hydrogen-bond donors (Lipinski definition) is 1. The average Bonchev–Trinajstić information content (AvgIpc) is 2.88. The molecule has 22 heavy (non-hydrogen) atoms. The fourth-order valence-electron chi connectivity index (χ4n) is 2.20. The van der Waals surface area contributed by atoms with Gasteiger partial charge in [0.05, 0.1) is 11.4 Å². The van der Waals surface area contributed by atoms with Crippen LogP contribution in [0.4, 0.5) is 4.39 Å². The largest absolute Gasteiger partial charge is 0.368 e. The molecule has 1 fully saturated rings. The van der Waals surface area contributed by atoms with Crippen LogP contribution in [0.1, 0.15) is 6.42 Å². The Morgan fingerprint density at radius 3 is 2.55 bits per heavy atom. The van der Waals surface area contributed by atoms with Crippen molar-refractivity contribution in [2.45, 2.75) is 23.5 Å². The van der Waals surface area contributed by atoms with E-state index in [0.717, 1.165) is 4.90 Å². The molecule has 0 bridgehead atoms. The van der Waals surface area contributed by atoms with Crippen LogP contribution >= 0.6 is 0 Å². The van der Waals surface area contributed by atoms with E-state index in [4.69, 9.17) is 5.73 Å². The van der Waals surface area contributed by atoms with Crippen molar-refractivity contribution in [3.8, 4) is 0 Å². The molecular formula is C13H15FN2O5S. The van der Waals surface area contributed by atoms with Crippen LogP contribution in [0.2, 0.25) is 0 Å². The number of likely N-dealkylation sites (tertiary alicyclic amines) is 1. The third-order valence-electron chi connectivity index (χ3n) is 3.27. The van der Waals surface area contributed by atoms with Gasteiger partial charge in [-0.3, -0.25) is 13.8 Å². The highest BCUT2D eigenvalue weighted by atomic mass is 32.2. The molecule has 7 nitrogen and oxygen atoms in total. The Morgan fingerprint density at radius 1 is 1.32 bits per heavy atom. The molecule has 0 aliphatic carbocycles. The van der Waals surface area contributed by atoms with Crippen molar-refractivity contribution in [1.82, 2.24) is 4.90 Å². The molecule has 2 unspecified atom stereocenters. The first-order chi connectivity index (χ1) is 10.3. The van der Waals surface area contributed by atoms with E-state index in [1.807, 2.05) is 0 Å². The molecule has 1 aliphatic rings. The SMILES string of the molecule is NC(=O)C1CC(F)CN1C(=O)COS(=O)(=O)c1ccccc1. The molecule has 9 heteroatoms. The summed E-state index contributed by atoms with van der Waals surface area (Å²) in [5, 5.41) is 0. The van der Waals surface area contributed by atoms with Crippen LogP contribution < -0.4 is 5.73 Å². The molecule has 0 aromatic heterocycles. The summed E-state index contributed by atoms with van der Waals surface area (Å²) in [5.41, 5.74) is 5.10. The van der Waals surface area contributed by atoms with Crippen LogP contribution in [0, 0.1) is 0 Å². The van der Waals surface area contributed by atoms with Gasteiger partial charge in [-0.15, -0.1) is 0 Å². The third-order valence-corrected chi connectivity index (χ3v) is 4.55. The number of benzene rings is 1. The molecule has 1 saturated heterocycles. The normalized spacial score (nSPS) is 21.8. The first-order valence-corrected chi connectivity index (χ1v) is 7.89. The predicted molar refractivity (Wildman–Crippen MR) is 73.8 cm³/mol. The maximum atomic E-state index is 13.3. The first kappa shape index (κ1) is 16.4. The van der Waals surface area contributed by atoms with Crippen LogP contribution in [0.5, 0.6) is 0 Å². The van der Waals surface area contributed by atoms with Gasteiger partial charge in [-0.2, -0.15) is 8.42 Å². The maximum Gasteiger partial charge on any atom is 0.297 e. The second-order valence-corrected chi connectivity index (χ2v) is 6.44. The molecule has 0 spiro atoms. The number of nitrogens with zero attached hydrogens (tertiary/aromatic N) is 1. The highest BCUT2D eigenvalue weighted by molar-refractivity contribution is 7.86. The molecule has 1 heterocycles. The lowest BCUT2D eigenvalue weighted by atomic mass is 10.2. The van der Waals surface area contributed by atoms with E-state index in [-0.39, 0.29) is 17.9 Å². The van der Waals surface area contributed by atoms with Gasteiger partial charge in [0.2, 0.25) is 5.91 Å². The summed E-state index contributed by atoms with van der Waals surface area (Å²) in [4.78, 5) is 23.9. The Kier molecular flexibility index (Phi) is 4.77. The van der Waals surface area contributed by atoms with Crippen LogP contribution in [-0.2, 0) is 23.9 Å². The summed E-state index contributed by atoms with van der Waals surface area (Å²) >= 11 is 0. The molecule has 2 amide bonds. The monoisotopic (exact) mass is 330 g/mol. The van der Waals surface area contributed by atoms with Crippen LogP contribution in [0.3, 0.4) is 0 Å². The zero-order valence-electron chi connectivity index (χ0n) is 11.5. The van der Waals surface area contributed by atoms with Crippen LogP contribution in [0.25, 0.3) is 0 Å². The van der Waals surface area contributed by atoms with E-state index in [0.29, 0.717) is 0 Å². The lowest BCUT2D eigenvalue weighted by Gasteiger charge is -2.21. The maximum absolute atomic E-state index is 13.3. The van der Waals surface area contributed by atoms with E-state index in [1.165, 1.54) is 24.3 Å². The highest BCUT2D eigenvalue weighted by Crippen LogP contribution is 2.21. The van der Waals surface area contributed by atoms with E-state index < -0.39 is 40.8 Å². The van der Waals surface area contributed by atoms with Gasteiger partial charge in [0.25, 0.3) is 16.0 Å². The molecule has 2 rings (SSSR count). The summed E-state index contributed by atoms with van der Waals surface area (Å²) in [6.07, 6.45) is -1.56. The minimum Gasteiger partial charge on any atom is -0.368 e. The topological polar surface area (TPSA) is 107 Å². The van der Waals surface area contributed by atoms with Gasteiger partial charge in [-0.05, 0) is 12.1 Å². The smallest absolute Gasteiger partial charge is 0.297 e. The Balaban J connectivity index is 2.02. The first-order valence-electron chi connectivity index (χ1n) is 6.48. The van der Waals surface area contributed by atoms with Crippen molar-refractivity contribution in [3.05, 3.63) is 30.3 Å². The number of carbonyl (C=O) groups excluding carboxylic acids is 2. The summed E-state index contributed by atoms with van der Waals surface area (Å²) in [6, 6.07) is 6.21. The number of halogens is 1. The van der Waals surface area contributed by atoms with Gasteiger partial charge < -0.3 is 10.6 Å². The molecule has 0 saturated carbocycles. The number of amides is 2. The van der Waals surface area contributed by atoms with Gasteiger partial charge in [0, 0.05) is 6.42 Å². The van der Waals surface area contributed by atoms with Gasteiger partial charge in [0.15, 0.2) is 0 Å². The van der Waals surface area contributed by atoms with E-state index in [1.54, 1.807) is 6.07 Å². The molecule has 120 valence electrons. The fraction of sp³-hybridized carbons (Fsp3) is 0.385. The van der Waals surface area contributed by atoms with E-state index >= 15 is 0 Å². The van der Waals surface area contributed by atoms with Gasteiger partial charge in [-0.25, -0.2) is 4.39 Å². The van der Waals surface area contributed by atoms with E-state index in [2.05, 4.69) is 4.18 Å². The Labute approximate surface area is 127 Å². The Morgan fingerprint density at radius 2 is 1.95 bits per heavy atom. The standard InChI is InChI=1S/C13H15FN2O5S/c14-9-6-11(13(15)18)16(7-9)12(17)8-21-22(19,20)10-4-2-1-3-5-10/h1-5,9,11H,6-8H2,(H2,15,18). The van der Waals surface area contributed by atoms with Crippen molar-refractivity contribution < 1.29 is 26.6 Å². The zero-order chi connectivity index (χ0) is 16.3. The molecule has 2 atom stereocenters. The molecule has 1 aromatic carbocycles. The molecule has 1 aromatic rings. The van der Waals surface area contributed by atoms with Crippen molar-refractivity contribution in [2.24, 2.45) is 5.73 Å². The number of carbonyl (C=O) groups is 2. The summed E-state index contributed by atoms with van der Waals surface area (Å²) < 4.78 is 41.7. The molecular weight excluding hydrogens is 315 g/mol. The quantitative estimate of drug-likeness (QED) is 0.754. The van der Waals surface area contributed by atoms with Gasteiger partial charge in [0.1, 0.15) is 18.8 Å². The number of alkyl halides is 1. The number of nitrogens with two attached hydrogens (primary N) is 1. The highest BCUT2D eigenvalue weighted by Gasteiger charge is 2.39. The number of primary amides is 1. The third kappa shape index (κ3) is 3.60. The second-order valence-electron chi connectivity index (χ2n) is 4.83. The van der Waals surface area contributed by atoms with Crippen molar-refractivity contribution in [3.63, 3.8) is 0 Å². The van der Waals surface area contributed by atoms with Crippen LogP contribution in [-0.4, -0.2) is 50.5 Å². The van der Waals surface area contributed by atoms with Crippen molar-refractivity contribution >= 4 is 21.9 Å². The van der Waals surface area contributed by atoms with Gasteiger partial charge >= 0.3 is 0 Å². The zero-order valence-corrected chi connectivity index (χ0v) is 12.3. The molecule has 0 radical (unpaired) electrons. The van der Waals surface area contributed by atoms with Crippen molar-refractivity contribution in [1.29, 1.82) is 0 Å². The van der Waals surface area contributed by atoms with Gasteiger partial charge in [-0.1, -0.05) is 18.2 Å². The predicted octanol–water partition coefficient (Wildman–Crippen LogP) is -0.184. The number of rotatable bonds is 5. The summed E-state index contributed by atoms with van der Waals surface area (Å²) in [7, 11) is -4.09. The second kappa shape index (κ2) is 6.41. The fourth-order valence-corrected chi connectivity index (χ4v) is 3.08. The van der Waals surface area contributed by atoms with E-state index in [9.17, 15) is 22.4 Å². The molecule has 2 N–H and O–H groups in total. The lowest BCUT2D eigenvalue weighted by Crippen LogP contribution is -2.45. The number of hydrogen-bond acceptors (Lipinski definition) is 5. The summed E-state index contributed by atoms with van der Waals surface area (Å²) in [5.74, 6) is -1.64. The van der Waals surface area contributed by atoms with Crippen molar-refractivity contribution in [2.75, 3.05) is 13.2 Å². The Bertz CT molecular complexity index is 664. The lowest BCUT2D eigenvalue weighted by molar-refractivity contribution is -0.138.